The molecule has 19 heavy (non-hydrogen) atoms. The van der Waals surface area contributed by atoms with Crippen molar-refractivity contribution in [2.45, 2.75) is 51.4 Å². The molecule has 0 saturated heterocycles. The molecule has 0 radical (unpaired) electrons. The van der Waals surface area contributed by atoms with Gasteiger partial charge in [-0.1, -0.05) is 30.9 Å². The van der Waals surface area contributed by atoms with Gasteiger partial charge < -0.3 is 10.5 Å². The van der Waals surface area contributed by atoms with Crippen LogP contribution in [0.4, 0.5) is 0 Å². The molecule has 1 saturated carbocycles. The monoisotopic (exact) mass is 281 g/mol. The van der Waals surface area contributed by atoms with E-state index in [-0.39, 0.29) is 5.41 Å². The summed E-state index contributed by atoms with van der Waals surface area (Å²) in [6, 6.07) is 2.12. The van der Waals surface area contributed by atoms with Crippen LogP contribution in [0.1, 0.15) is 48.8 Å². The lowest BCUT2D eigenvalue weighted by Crippen LogP contribution is -2.38. The van der Waals surface area contributed by atoms with Crippen LogP contribution in [0, 0.1) is 13.8 Å². The predicted molar refractivity (Wildman–Crippen MR) is 81.3 cm³/mol. The summed E-state index contributed by atoms with van der Waals surface area (Å²) in [5, 5.41) is 0.788. The number of halogens is 1. The highest BCUT2D eigenvalue weighted by Gasteiger charge is 2.35. The van der Waals surface area contributed by atoms with Crippen LogP contribution in [0.25, 0.3) is 0 Å². The molecule has 0 bridgehead atoms. The van der Waals surface area contributed by atoms with Crippen molar-refractivity contribution in [3.63, 3.8) is 0 Å². The van der Waals surface area contributed by atoms with E-state index in [9.17, 15) is 0 Å². The Labute approximate surface area is 121 Å². The number of ether oxygens (including phenoxy) is 1. The summed E-state index contributed by atoms with van der Waals surface area (Å²) in [6.45, 7) is 4.83. The van der Waals surface area contributed by atoms with Crippen LogP contribution in [0.15, 0.2) is 6.07 Å². The molecule has 1 aliphatic carbocycles. The Hall–Kier alpha value is -0.730. The zero-order chi connectivity index (χ0) is 14.0. The summed E-state index contributed by atoms with van der Waals surface area (Å²) in [5.74, 6) is 0.917. The van der Waals surface area contributed by atoms with Gasteiger partial charge in [-0.3, -0.25) is 0 Å². The highest BCUT2D eigenvalue weighted by Crippen LogP contribution is 2.44. The summed E-state index contributed by atoms with van der Waals surface area (Å²) in [7, 11) is 1.71. The van der Waals surface area contributed by atoms with Crippen LogP contribution in [-0.4, -0.2) is 13.7 Å². The van der Waals surface area contributed by atoms with E-state index in [0.717, 1.165) is 29.2 Å². The van der Waals surface area contributed by atoms with E-state index in [4.69, 9.17) is 22.1 Å². The fourth-order valence-corrected chi connectivity index (χ4v) is 3.72. The van der Waals surface area contributed by atoms with Crippen molar-refractivity contribution in [3.05, 3.63) is 27.8 Å². The van der Waals surface area contributed by atoms with E-state index < -0.39 is 0 Å². The maximum absolute atomic E-state index is 6.39. The summed E-state index contributed by atoms with van der Waals surface area (Å²) in [6.07, 6.45) is 6.15. The summed E-state index contributed by atoms with van der Waals surface area (Å²) < 4.78 is 5.55. The van der Waals surface area contributed by atoms with Crippen molar-refractivity contribution in [2.75, 3.05) is 13.7 Å². The van der Waals surface area contributed by atoms with Gasteiger partial charge in [-0.05, 0) is 43.9 Å². The molecule has 1 fully saturated rings. The van der Waals surface area contributed by atoms with Crippen LogP contribution >= 0.6 is 11.6 Å². The second-order valence-electron chi connectivity index (χ2n) is 5.73. The van der Waals surface area contributed by atoms with Crippen LogP contribution in [-0.2, 0) is 5.41 Å². The van der Waals surface area contributed by atoms with Gasteiger partial charge >= 0.3 is 0 Å². The molecule has 2 nitrogen and oxygen atoms in total. The molecular weight excluding hydrogens is 258 g/mol. The smallest absolute Gasteiger partial charge is 0.126 e. The van der Waals surface area contributed by atoms with E-state index in [1.165, 1.54) is 30.4 Å². The Morgan fingerprint density at radius 2 is 1.84 bits per heavy atom. The molecule has 1 aromatic carbocycles. The lowest BCUT2D eigenvalue weighted by molar-refractivity contribution is 0.297. The number of methoxy groups -OCH3 is 1. The molecule has 0 heterocycles. The van der Waals surface area contributed by atoms with Gasteiger partial charge in [-0.2, -0.15) is 0 Å². The first kappa shape index (κ1) is 14.7. The lowest BCUT2D eigenvalue weighted by Gasteiger charge is -2.38. The van der Waals surface area contributed by atoms with Crippen LogP contribution < -0.4 is 10.5 Å². The van der Waals surface area contributed by atoms with Gasteiger partial charge in [0.2, 0.25) is 0 Å². The average Bonchev–Trinajstić information content (AvgIpc) is 2.44. The molecule has 0 unspecified atom stereocenters. The molecule has 106 valence electrons. The summed E-state index contributed by atoms with van der Waals surface area (Å²) in [5.41, 5.74) is 9.75. The van der Waals surface area contributed by atoms with Crippen molar-refractivity contribution < 1.29 is 4.74 Å². The molecule has 2 rings (SSSR count). The zero-order valence-corrected chi connectivity index (χ0v) is 12.9. The Morgan fingerprint density at radius 1 is 1.21 bits per heavy atom. The van der Waals surface area contributed by atoms with Crippen molar-refractivity contribution in [3.8, 4) is 5.75 Å². The molecular formula is C16H24ClNO. The number of rotatable bonds is 3. The normalized spacial score (nSPS) is 18.4. The van der Waals surface area contributed by atoms with Crippen molar-refractivity contribution in [1.82, 2.24) is 0 Å². The van der Waals surface area contributed by atoms with Gasteiger partial charge in [0, 0.05) is 22.5 Å². The van der Waals surface area contributed by atoms with E-state index in [2.05, 4.69) is 13.0 Å². The van der Waals surface area contributed by atoms with Gasteiger partial charge in [0.25, 0.3) is 0 Å². The minimum absolute atomic E-state index is 0.0902. The van der Waals surface area contributed by atoms with Gasteiger partial charge in [-0.25, -0.2) is 0 Å². The van der Waals surface area contributed by atoms with Crippen molar-refractivity contribution in [1.29, 1.82) is 0 Å². The Balaban J connectivity index is 2.57. The quantitative estimate of drug-likeness (QED) is 0.904. The fourth-order valence-electron chi connectivity index (χ4n) is 3.52. The number of hydrogen-bond donors (Lipinski definition) is 1. The maximum Gasteiger partial charge on any atom is 0.126 e. The van der Waals surface area contributed by atoms with Crippen LogP contribution in [0.2, 0.25) is 5.02 Å². The summed E-state index contributed by atoms with van der Waals surface area (Å²) in [4.78, 5) is 0. The fraction of sp³-hybridized carbons (Fsp3) is 0.625. The molecule has 1 aliphatic rings. The first-order chi connectivity index (χ1) is 9.05. The Bertz CT molecular complexity index is 464. The lowest BCUT2D eigenvalue weighted by atomic mass is 9.68. The molecule has 0 aliphatic heterocycles. The topological polar surface area (TPSA) is 35.2 Å². The van der Waals surface area contributed by atoms with E-state index in [0.29, 0.717) is 6.54 Å². The Morgan fingerprint density at radius 3 is 2.37 bits per heavy atom. The first-order valence-electron chi connectivity index (χ1n) is 7.10. The third-order valence-electron chi connectivity index (χ3n) is 4.69. The number of benzene rings is 1. The number of hydrogen-bond acceptors (Lipinski definition) is 2. The van der Waals surface area contributed by atoms with Crippen LogP contribution in [0.3, 0.4) is 0 Å². The third-order valence-corrected chi connectivity index (χ3v) is 5.08. The maximum atomic E-state index is 6.39. The minimum Gasteiger partial charge on any atom is -0.496 e. The number of nitrogens with two attached hydrogens (primary N) is 1. The van der Waals surface area contributed by atoms with Crippen LogP contribution in [0.5, 0.6) is 5.75 Å². The highest BCUT2D eigenvalue weighted by molar-refractivity contribution is 6.31. The molecule has 0 amide bonds. The summed E-state index contributed by atoms with van der Waals surface area (Å²) >= 11 is 6.39. The SMILES string of the molecule is COc1c(C)c(Cl)cc(C2(CN)CCCCC2)c1C. The third kappa shape index (κ3) is 2.48. The van der Waals surface area contributed by atoms with Crippen molar-refractivity contribution in [2.24, 2.45) is 5.73 Å². The first-order valence-corrected chi connectivity index (χ1v) is 7.48. The standard InChI is InChI=1S/C16H24ClNO/c1-11-13(9-14(17)12(2)15(11)19-3)16(10-18)7-5-4-6-8-16/h9H,4-8,10,18H2,1-3H3. The van der Waals surface area contributed by atoms with E-state index >= 15 is 0 Å². The Kier molecular flexibility index (Phi) is 4.42. The predicted octanol–water partition coefficient (Wildman–Crippen LogP) is 4.13. The second-order valence-corrected chi connectivity index (χ2v) is 6.14. The zero-order valence-electron chi connectivity index (χ0n) is 12.2. The largest absolute Gasteiger partial charge is 0.496 e. The minimum atomic E-state index is 0.0902. The average molecular weight is 282 g/mol. The molecule has 3 heteroatoms. The van der Waals surface area contributed by atoms with E-state index in [1.54, 1.807) is 7.11 Å². The van der Waals surface area contributed by atoms with Gasteiger partial charge in [0.1, 0.15) is 5.75 Å². The highest BCUT2D eigenvalue weighted by atomic mass is 35.5. The molecule has 0 atom stereocenters. The van der Waals surface area contributed by atoms with Gasteiger partial charge in [-0.15, -0.1) is 0 Å². The molecule has 2 N–H and O–H groups in total. The molecule has 1 aromatic rings. The van der Waals surface area contributed by atoms with Gasteiger partial charge in [0.15, 0.2) is 0 Å². The second kappa shape index (κ2) is 5.72. The van der Waals surface area contributed by atoms with Gasteiger partial charge in [0.05, 0.1) is 7.11 Å². The molecule has 0 spiro atoms. The van der Waals surface area contributed by atoms with Crippen molar-refractivity contribution >= 4 is 11.6 Å². The van der Waals surface area contributed by atoms with E-state index in [1.807, 2.05) is 6.92 Å². The molecule has 0 aromatic heterocycles.